The topological polar surface area (TPSA) is 51.5 Å². The average Bonchev–Trinajstić information content (AvgIpc) is 2.80. The largest absolute Gasteiger partial charge is 0.496 e. The lowest BCUT2D eigenvalue weighted by molar-refractivity contribution is 0.0685. The lowest BCUT2D eigenvalue weighted by Gasteiger charge is -2.12. The van der Waals surface area contributed by atoms with Crippen molar-refractivity contribution in [1.29, 1.82) is 0 Å². The van der Waals surface area contributed by atoms with Crippen LogP contribution < -0.4 is 4.74 Å². The smallest absolute Gasteiger partial charge is 0.352 e. The van der Waals surface area contributed by atoms with Gasteiger partial charge in [-0.25, -0.2) is 4.79 Å². The van der Waals surface area contributed by atoms with Gasteiger partial charge in [-0.2, -0.15) is 0 Å². The molecular weight excluding hydrogens is 254 g/mol. The highest BCUT2D eigenvalue weighted by Crippen LogP contribution is 2.27. The number of methoxy groups -OCH3 is 1. The quantitative estimate of drug-likeness (QED) is 0.925. The van der Waals surface area contributed by atoms with Crippen LogP contribution in [0.15, 0.2) is 36.5 Å². The summed E-state index contributed by atoms with van der Waals surface area (Å²) in [6.45, 7) is 0.359. The van der Waals surface area contributed by atoms with E-state index in [1.54, 1.807) is 48.2 Å². The molecule has 0 atom stereocenters. The summed E-state index contributed by atoms with van der Waals surface area (Å²) < 4.78 is 6.85. The lowest BCUT2D eigenvalue weighted by Crippen LogP contribution is -2.09. The Morgan fingerprint density at radius 2 is 2.17 bits per heavy atom. The maximum absolute atomic E-state index is 11.0. The predicted octanol–water partition coefficient (Wildman–Crippen LogP) is 2.90. The molecule has 0 amide bonds. The van der Waals surface area contributed by atoms with Crippen LogP contribution in [0.4, 0.5) is 0 Å². The maximum atomic E-state index is 11.0. The van der Waals surface area contributed by atoms with Gasteiger partial charge in [0.1, 0.15) is 11.4 Å². The van der Waals surface area contributed by atoms with E-state index in [1.165, 1.54) is 0 Å². The number of halogens is 1. The first-order valence-electron chi connectivity index (χ1n) is 5.33. The Morgan fingerprint density at radius 1 is 1.39 bits per heavy atom. The van der Waals surface area contributed by atoms with E-state index in [4.69, 9.17) is 21.4 Å². The molecule has 2 aromatic rings. The summed E-state index contributed by atoms with van der Waals surface area (Å²) in [4.78, 5) is 11.0. The molecule has 0 aliphatic heterocycles. The number of carboxylic acids is 1. The second-order valence-electron chi connectivity index (χ2n) is 3.75. The number of carboxylic acid groups (broad SMARTS) is 1. The maximum Gasteiger partial charge on any atom is 0.352 e. The third-order valence-corrected chi connectivity index (χ3v) is 3.03. The van der Waals surface area contributed by atoms with Gasteiger partial charge in [-0.1, -0.05) is 17.7 Å². The van der Waals surface area contributed by atoms with Crippen molar-refractivity contribution in [1.82, 2.24) is 4.57 Å². The molecule has 0 radical (unpaired) electrons. The SMILES string of the molecule is COc1cccc(Cl)c1Cn1cccc1C(=O)O. The van der Waals surface area contributed by atoms with Gasteiger partial charge in [0, 0.05) is 16.8 Å². The van der Waals surface area contributed by atoms with Gasteiger partial charge in [0.2, 0.25) is 0 Å². The van der Waals surface area contributed by atoms with E-state index in [1.807, 2.05) is 0 Å². The van der Waals surface area contributed by atoms with Crippen molar-refractivity contribution in [3.63, 3.8) is 0 Å². The number of carbonyl (C=O) groups is 1. The molecule has 0 aliphatic rings. The zero-order valence-electron chi connectivity index (χ0n) is 9.76. The van der Waals surface area contributed by atoms with Crippen LogP contribution in [-0.4, -0.2) is 22.8 Å². The molecule has 0 bridgehead atoms. The van der Waals surface area contributed by atoms with Gasteiger partial charge in [0.15, 0.2) is 0 Å². The molecule has 2 rings (SSSR count). The van der Waals surface area contributed by atoms with Crippen LogP contribution in [-0.2, 0) is 6.54 Å². The Hall–Kier alpha value is -1.94. The Morgan fingerprint density at radius 3 is 2.83 bits per heavy atom. The summed E-state index contributed by atoms with van der Waals surface area (Å²) >= 11 is 6.12. The van der Waals surface area contributed by atoms with Crippen LogP contribution in [0.2, 0.25) is 5.02 Å². The molecule has 0 unspecified atom stereocenters. The summed E-state index contributed by atoms with van der Waals surface area (Å²) in [5.41, 5.74) is 0.984. The molecule has 1 heterocycles. The highest BCUT2D eigenvalue weighted by molar-refractivity contribution is 6.31. The van der Waals surface area contributed by atoms with Gasteiger partial charge in [-0.3, -0.25) is 0 Å². The second kappa shape index (κ2) is 5.14. The summed E-state index contributed by atoms with van der Waals surface area (Å²) in [6, 6.07) is 8.57. The molecule has 4 nitrogen and oxygen atoms in total. The zero-order valence-corrected chi connectivity index (χ0v) is 10.5. The van der Waals surface area contributed by atoms with Crippen LogP contribution in [0, 0.1) is 0 Å². The molecule has 0 aliphatic carbocycles. The third kappa shape index (κ3) is 2.33. The number of ether oxygens (including phenoxy) is 1. The van der Waals surface area contributed by atoms with Crippen molar-refractivity contribution in [3.05, 3.63) is 52.8 Å². The first-order chi connectivity index (χ1) is 8.63. The van der Waals surface area contributed by atoms with Crippen molar-refractivity contribution in [2.75, 3.05) is 7.11 Å². The molecule has 5 heteroatoms. The fourth-order valence-corrected chi connectivity index (χ4v) is 2.03. The number of benzene rings is 1. The standard InChI is InChI=1S/C13H12ClNO3/c1-18-12-6-2-4-10(14)9(12)8-15-7-3-5-11(15)13(16)17/h2-7H,8H2,1H3,(H,16,17). The molecule has 0 fully saturated rings. The number of rotatable bonds is 4. The Balaban J connectivity index is 2.40. The fraction of sp³-hybridized carbons (Fsp3) is 0.154. The van der Waals surface area contributed by atoms with E-state index in [0.29, 0.717) is 17.3 Å². The van der Waals surface area contributed by atoms with E-state index in [-0.39, 0.29) is 5.69 Å². The summed E-state index contributed by atoms with van der Waals surface area (Å²) in [5.74, 6) is -0.321. The monoisotopic (exact) mass is 265 g/mol. The second-order valence-corrected chi connectivity index (χ2v) is 4.15. The molecule has 94 valence electrons. The summed E-state index contributed by atoms with van der Waals surface area (Å²) in [5, 5.41) is 9.60. The normalized spacial score (nSPS) is 10.3. The van der Waals surface area contributed by atoms with Crippen LogP contribution in [0.5, 0.6) is 5.75 Å². The van der Waals surface area contributed by atoms with E-state index < -0.39 is 5.97 Å². The first kappa shape index (κ1) is 12.5. The third-order valence-electron chi connectivity index (χ3n) is 2.67. The minimum Gasteiger partial charge on any atom is -0.496 e. The zero-order chi connectivity index (χ0) is 13.1. The minimum atomic E-state index is -0.967. The van der Waals surface area contributed by atoms with E-state index in [9.17, 15) is 4.79 Å². The molecular formula is C13H12ClNO3. The molecule has 0 spiro atoms. The number of hydrogen-bond acceptors (Lipinski definition) is 2. The average molecular weight is 266 g/mol. The molecule has 18 heavy (non-hydrogen) atoms. The van der Waals surface area contributed by atoms with Crippen LogP contribution in [0.25, 0.3) is 0 Å². The Kier molecular flexibility index (Phi) is 3.58. The number of hydrogen-bond donors (Lipinski definition) is 1. The molecule has 0 saturated carbocycles. The molecule has 1 aromatic heterocycles. The summed E-state index contributed by atoms with van der Waals surface area (Å²) in [6.07, 6.45) is 1.70. The minimum absolute atomic E-state index is 0.219. The molecule has 1 aromatic carbocycles. The number of aromatic nitrogens is 1. The van der Waals surface area contributed by atoms with E-state index >= 15 is 0 Å². The van der Waals surface area contributed by atoms with Crippen LogP contribution in [0.3, 0.4) is 0 Å². The first-order valence-corrected chi connectivity index (χ1v) is 5.71. The van der Waals surface area contributed by atoms with E-state index in [2.05, 4.69) is 0 Å². The number of nitrogens with zero attached hydrogens (tertiary/aromatic N) is 1. The highest BCUT2D eigenvalue weighted by atomic mass is 35.5. The van der Waals surface area contributed by atoms with Gasteiger partial charge >= 0.3 is 5.97 Å². The Labute approximate surface area is 109 Å². The van der Waals surface area contributed by atoms with Gasteiger partial charge in [-0.05, 0) is 24.3 Å². The predicted molar refractivity (Wildman–Crippen MR) is 68.5 cm³/mol. The van der Waals surface area contributed by atoms with Crippen molar-refractivity contribution in [3.8, 4) is 5.75 Å². The van der Waals surface area contributed by atoms with Gasteiger partial charge < -0.3 is 14.4 Å². The van der Waals surface area contributed by atoms with Gasteiger partial charge in [0.25, 0.3) is 0 Å². The molecule has 0 saturated heterocycles. The van der Waals surface area contributed by atoms with Gasteiger partial charge in [-0.15, -0.1) is 0 Å². The summed E-state index contributed by atoms with van der Waals surface area (Å²) in [7, 11) is 1.56. The van der Waals surface area contributed by atoms with Crippen LogP contribution in [0.1, 0.15) is 16.1 Å². The number of aromatic carboxylic acids is 1. The fourth-order valence-electron chi connectivity index (χ4n) is 1.80. The van der Waals surface area contributed by atoms with Crippen molar-refractivity contribution >= 4 is 17.6 Å². The Bertz CT molecular complexity index is 577. The lowest BCUT2D eigenvalue weighted by atomic mass is 10.2. The van der Waals surface area contributed by atoms with Crippen molar-refractivity contribution in [2.45, 2.75) is 6.54 Å². The van der Waals surface area contributed by atoms with E-state index in [0.717, 1.165) is 5.56 Å². The van der Waals surface area contributed by atoms with Crippen LogP contribution >= 0.6 is 11.6 Å². The molecule has 1 N–H and O–H groups in total. The van der Waals surface area contributed by atoms with Gasteiger partial charge in [0.05, 0.1) is 13.7 Å². The van der Waals surface area contributed by atoms with Crippen molar-refractivity contribution < 1.29 is 14.6 Å². The van der Waals surface area contributed by atoms with Crippen molar-refractivity contribution in [2.24, 2.45) is 0 Å². The highest BCUT2D eigenvalue weighted by Gasteiger charge is 2.13.